The molecule has 0 atom stereocenters. The summed E-state index contributed by atoms with van der Waals surface area (Å²) in [6, 6.07) is 4.63. The average molecular weight is 342 g/mol. The van der Waals surface area contributed by atoms with Crippen molar-refractivity contribution in [1.82, 2.24) is 0 Å². The Hall–Kier alpha value is -0.740. The van der Waals surface area contributed by atoms with Crippen molar-refractivity contribution < 1.29 is 9.18 Å². The number of halogens is 2. The Labute approximate surface area is 128 Å². The number of hydrogen-bond acceptors (Lipinski definition) is 2. The summed E-state index contributed by atoms with van der Waals surface area (Å²) < 4.78 is 14.0. The van der Waals surface area contributed by atoms with Gasteiger partial charge in [0, 0.05) is 17.3 Å². The minimum Gasteiger partial charge on any atom is -0.330 e. The lowest BCUT2D eigenvalue weighted by molar-refractivity contribution is -0.121. The minimum absolute atomic E-state index is 0.0140. The van der Waals surface area contributed by atoms with Crippen LogP contribution in [0.4, 0.5) is 4.39 Å². The molecule has 2 N–H and O–H groups in total. The number of nitrogens with two attached hydrogens (primary N) is 1. The molecule has 0 saturated heterocycles. The molecular weight excluding hydrogens is 321 g/mol. The van der Waals surface area contributed by atoms with Crippen molar-refractivity contribution in [2.24, 2.45) is 11.1 Å². The zero-order valence-electron chi connectivity index (χ0n) is 11.6. The van der Waals surface area contributed by atoms with E-state index in [4.69, 9.17) is 5.73 Å². The van der Waals surface area contributed by atoms with Gasteiger partial charge in [-0.05, 0) is 48.6 Å². The molecule has 0 bridgehead atoms. The Balaban J connectivity index is 2.00. The van der Waals surface area contributed by atoms with Crippen LogP contribution in [0, 0.1) is 11.2 Å². The molecule has 1 fully saturated rings. The number of carbonyl (C=O) groups is 1. The number of Topliss-reactive ketones (excluding diaryl/α,β-unsaturated/α-hetero) is 1. The predicted molar refractivity (Wildman–Crippen MR) is 82.0 cm³/mol. The van der Waals surface area contributed by atoms with E-state index in [0.717, 1.165) is 31.2 Å². The molecular formula is C16H21BrFNO. The summed E-state index contributed by atoms with van der Waals surface area (Å²) in [5, 5.41) is 0. The summed E-state index contributed by atoms with van der Waals surface area (Å²) in [4.78, 5) is 12.3. The van der Waals surface area contributed by atoms with Gasteiger partial charge in [-0.1, -0.05) is 35.2 Å². The van der Waals surface area contributed by atoms with E-state index in [0.29, 0.717) is 17.4 Å². The van der Waals surface area contributed by atoms with E-state index in [-0.39, 0.29) is 23.4 Å². The lowest BCUT2D eigenvalue weighted by Crippen LogP contribution is -2.35. The first-order chi connectivity index (χ1) is 9.53. The lowest BCUT2D eigenvalue weighted by atomic mass is 9.70. The highest BCUT2D eigenvalue weighted by atomic mass is 79.9. The van der Waals surface area contributed by atoms with E-state index < -0.39 is 0 Å². The van der Waals surface area contributed by atoms with Crippen LogP contribution in [0.3, 0.4) is 0 Å². The Morgan fingerprint density at radius 3 is 2.55 bits per heavy atom. The van der Waals surface area contributed by atoms with Gasteiger partial charge in [-0.2, -0.15) is 0 Å². The summed E-state index contributed by atoms with van der Waals surface area (Å²) >= 11 is 3.25. The van der Waals surface area contributed by atoms with Crippen LogP contribution >= 0.6 is 15.9 Å². The molecule has 1 aromatic carbocycles. The van der Waals surface area contributed by atoms with Crippen molar-refractivity contribution in [2.75, 3.05) is 6.54 Å². The third-order valence-corrected chi connectivity index (χ3v) is 4.70. The molecule has 0 unspecified atom stereocenters. The lowest BCUT2D eigenvalue weighted by Gasteiger charge is -2.35. The topological polar surface area (TPSA) is 43.1 Å². The molecule has 1 aliphatic carbocycles. The standard InChI is InChI=1S/C16H21BrFNO/c17-13-6-12(7-14(18)9-13)8-15(20)10-16(11-19)4-2-1-3-5-16/h6-7,9H,1-5,8,10-11,19H2. The van der Waals surface area contributed by atoms with E-state index >= 15 is 0 Å². The van der Waals surface area contributed by atoms with Gasteiger partial charge in [0.15, 0.2) is 0 Å². The normalized spacial score (nSPS) is 17.9. The number of hydrogen-bond donors (Lipinski definition) is 1. The molecule has 0 aromatic heterocycles. The van der Waals surface area contributed by atoms with Crippen molar-refractivity contribution in [3.63, 3.8) is 0 Å². The first-order valence-electron chi connectivity index (χ1n) is 7.20. The maximum atomic E-state index is 13.3. The maximum absolute atomic E-state index is 13.3. The fourth-order valence-electron chi connectivity index (χ4n) is 3.18. The van der Waals surface area contributed by atoms with Crippen LogP contribution in [0.15, 0.2) is 22.7 Å². The van der Waals surface area contributed by atoms with Gasteiger partial charge < -0.3 is 5.73 Å². The number of rotatable bonds is 5. The Bertz CT molecular complexity index is 463. The molecule has 0 amide bonds. The van der Waals surface area contributed by atoms with Gasteiger partial charge in [0.1, 0.15) is 11.6 Å². The SMILES string of the molecule is NCC1(CC(=O)Cc2cc(F)cc(Br)c2)CCCCC1. The van der Waals surface area contributed by atoms with E-state index in [9.17, 15) is 9.18 Å². The van der Waals surface area contributed by atoms with Crippen LogP contribution in [-0.2, 0) is 11.2 Å². The fraction of sp³-hybridized carbons (Fsp3) is 0.562. The van der Waals surface area contributed by atoms with Gasteiger partial charge in [0.25, 0.3) is 0 Å². The van der Waals surface area contributed by atoms with Crippen molar-refractivity contribution in [2.45, 2.75) is 44.9 Å². The largest absolute Gasteiger partial charge is 0.330 e. The maximum Gasteiger partial charge on any atom is 0.137 e. The first-order valence-corrected chi connectivity index (χ1v) is 7.99. The van der Waals surface area contributed by atoms with E-state index in [1.54, 1.807) is 6.07 Å². The Kier molecular flexibility index (Phi) is 5.33. The highest BCUT2D eigenvalue weighted by Crippen LogP contribution is 2.38. The van der Waals surface area contributed by atoms with Gasteiger partial charge >= 0.3 is 0 Å². The molecule has 2 rings (SSSR count). The third-order valence-electron chi connectivity index (χ3n) is 4.24. The molecule has 0 aliphatic heterocycles. The fourth-order valence-corrected chi connectivity index (χ4v) is 3.69. The van der Waals surface area contributed by atoms with Crippen LogP contribution in [-0.4, -0.2) is 12.3 Å². The van der Waals surface area contributed by atoms with Gasteiger partial charge in [-0.25, -0.2) is 4.39 Å². The molecule has 1 saturated carbocycles. The van der Waals surface area contributed by atoms with Gasteiger partial charge in [-0.15, -0.1) is 0 Å². The van der Waals surface area contributed by atoms with E-state index in [1.807, 2.05) is 0 Å². The van der Waals surface area contributed by atoms with E-state index in [2.05, 4.69) is 15.9 Å². The summed E-state index contributed by atoms with van der Waals surface area (Å²) in [5.41, 5.74) is 6.62. The summed E-state index contributed by atoms with van der Waals surface area (Å²) in [5.74, 6) is -0.150. The third kappa shape index (κ3) is 4.13. The van der Waals surface area contributed by atoms with Crippen LogP contribution in [0.2, 0.25) is 0 Å². The predicted octanol–water partition coefficient (Wildman–Crippen LogP) is 4.00. The molecule has 1 aromatic rings. The molecule has 0 heterocycles. The second-order valence-corrected chi connectivity index (χ2v) is 6.85. The molecule has 110 valence electrons. The molecule has 4 heteroatoms. The zero-order chi connectivity index (χ0) is 14.6. The van der Waals surface area contributed by atoms with Crippen LogP contribution in [0.1, 0.15) is 44.1 Å². The number of benzene rings is 1. The first kappa shape index (κ1) is 15.6. The van der Waals surface area contributed by atoms with Crippen molar-refractivity contribution in [3.8, 4) is 0 Å². The smallest absolute Gasteiger partial charge is 0.137 e. The number of carbonyl (C=O) groups excluding carboxylic acids is 1. The zero-order valence-corrected chi connectivity index (χ0v) is 13.2. The second-order valence-electron chi connectivity index (χ2n) is 5.93. The van der Waals surface area contributed by atoms with Crippen LogP contribution < -0.4 is 5.73 Å². The quantitative estimate of drug-likeness (QED) is 0.879. The van der Waals surface area contributed by atoms with Crippen molar-refractivity contribution >= 4 is 21.7 Å². The number of ketones is 1. The highest BCUT2D eigenvalue weighted by Gasteiger charge is 2.32. The van der Waals surface area contributed by atoms with Crippen LogP contribution in [0.25, 0.3) is 0 Å². The van der Waals surface area contributed by atoms with Crippen molar-refractivity contribution in [3.05, 3.63) is 34.1 Å². The minimum atomic E-state index is -0.312. The summed E-state index contributed by atoms with van der Waals surface area (Å²) in [7, 11) is 0. The van der Waals surface area contributed by atoms with Gasteiger partial charge in [-0.3, -0.25) is 4.79 Å². The molecule has 1 aliphatic rings. The molecule has 2 nitrogen and oxygen atoms in total. The second kappa shape index (κ2) is 6.81. The molecule has 20 heavy (non-hydrogen) atoms. The molecule has 0 spiro atoms. The van der Waals surface area contributed by atoms with Gasteiger partial charge in [0.05, 0.1) is 0 Å². The highest BCUT2D eigenvalue weighted by molar-refractivity contribution is 9.10. The average Bonchev–Trinajstić information content (AvgIpc) is 2.38. The van der Waals surface area contributed by atoms with Crippen molar-refractivity contribution in [1.29, 1.82) is 0 Å². The monoisotopic (exact) mass is 341 g/mol. The molecule has 0 radical (unpaired) electrons. The van der Waals surface area contributed by atoms with Crippen LogP contribution in [0.5, 0.6) is 0 Å². The van der Waals surface area contributed by atoms with E-state index in [1.165, 1.54) is 18.6 Å². The summed E-state index contributed by atoms with van der Waals surface area (Å²) in [6.07, 6.45) is 6.47. The summed E-state index contributed by atoms with van der Waals surface area (Å²) in [6.45, 7) is 0.575. The Morgan fingerprint density at radius 1 is 1.25 bits per heavy atom. The Morgan fingerprint density at radius 2 is 1.95 bits per heavy atom. The van der Waals surface area contributed by atoms with Gasteiger partial charge in [0.2, 0.25) is 0 Å².